The van der Waals surface area contributed by atoms with Gasteiger partial charge in [0.25, 0.3) is 5.69 Å². The van der Waals surface area contributed by atoms with E-state index >= 15 is 0 Å². The molecule has 0 saturated carbocycles. The van der Waals surface area contributed by atoms with Crippen molar-refractivity contribution in [2.45, 2.75) is 38.5 Å². The Hall–Kier alpha value is -3.56. The number of nitro benzene ring substituents is 1. The number of nitrogens with zero attached hydrogens (tertiary/aromatic N) is 7. The molecule has 2 saturated heterocycles. The van der Waals surface area contributed by atoms with E-state index in [2.05, 4.69) is 30.3 Å². The quantitative estimate of drug-likeness (QED) is 0.395. The highest BCUT2D eigenvalue weighted by Crippen LogP contribution is 2.22. The van der Waals surface area contributed by atoms with Crippen LogP contribution in [0.1, 0.15) is 44.1 Å². The fourth-order valence-electron chi connectivity index (χ4n) is 3.87. The second kappa shape index (κ2) is 10.7. The van der Waals surface area contributed by atoms with Crippen LogP contribution in [0.5, 0.6) is 0 Å². The molecule has 0 unspecified atom stereocenters. The van der Waals surface area contributed by atoms with Gasteiger partial charge < -0.3 is 9.80 Å². The topological polar surface area (TPSA) is 113 Å². The number of non-ortho nitro benzene ring substituents is 1. The van der Waals surface area contributed by atoms with Gasteiger partial charge in [0.2, 0.25) is 17.8 Å². The number of anilines is 3. The number of piperidine rings is 2. The molecular weight excluding hydrogens is 408 g/mol. The third-order valence-corrected chi connectivity index (χ3v) is 5.61. The van der Waals surface area contributed by atoms with Gasteiger partial charge in [-0.3, -0.25) is 10.1 Å². The lowest BCUT2D eigenvalue weighted by atomic mass is 10.1. The molecule has 2 aromatic rings. The van der Waals surface area contributed by atoms with Crippen molar-refractivity contribution in [2.24, 2.45) is 5.10 Å². The molecule has 10 heteroatoms. The van der Waals surface area contributed by atoms with E-state index in [4.69, 9.17) is 4.98 Å². The number of benzene rings is 1. The fourth-order valence-corrected chi connectivity index (χ4v) is 3.87. The average Bonchev–Trinajstić information content (AvgIpc) is 2.85. The van der Waals surface area contributed by atoms with Crippen LogP contribution in [0.3, 0.4) is 0 Å². The van der Waals surface area contributed by atoms with Crippen LogP contribution in [-0.4, -0.2) is 52.3 Å². The van der Waals surface area contributed by atoms with E-state index in [1.165, 1.54) is 25.0 Å². The lowest BCUT2D eigenvalue weighted by Crippen LogP contribution is -2.34. The summed E-state index contributed by atoms with van der Waals surface area (Å²) in [6.45, 7) is 3.85. The first-order chi connectivity index (χ1) is 15.7. The van der Waals surface area contributed by atoms with Crippen molar-refractivity contribution in [1.29, 1.82) is 0 Å². The summed E-state index contributed by atoms with van der Waals surface area (Å²) in [7, 11) is 0. The van der Waals surface area contributed by atoms with Gasteiger partial charge in [0.05, 0.1) is 4.92 Å². The van der Waals surface area contributed by atoms with Crippen LogP contribution in [0.2, 0.25) is 0 Å². The first kappa shape index (κ1) is 21.7. The minimum absolute atomic E-state index is 0.0707. The van der Waals surface area contributed by atoms with Crippen LogP contribution in [-0.2, 0) is 0 Å². The lowest BCUT2D eigenvalue weighted by Gasteiger charge is -2.30. The van der Waals surface area contributed by atoms with Crippen LogP contribution in [0.15, 0.2) is 35.4 Å². The second-order valence-corrected chi connectivity index (χ2v) is 7.95. The molecule has 4 rings (SSSR count). The maximum Gasteiger partial charge on any atom is 0.269 e. The Kier molecular flexibility index (Phi) is 7.21. The van der Waals surface area contributed by atoms with Crippen molar-refractivity contribution in [1.82, 2.24) is 15.0 Å². The van der Waals surface area contributed by atoms with E-state index in [9.17, 15) is 10.1 Å². The van der Waals surface area contributed by atoms with E-state index < -0.39 is 4.92 Å². The molecule has 2 fully saturated rings. The Morgan fingerprint density at radius 2 is 1.44 bits per heavy atom. The third kappa shape index (κ3) is 5.77. The Bertz CT molecular complexity index is 928. The summed E-state index contributed by atoms with van der Waals surface area (Å²) >= 11 is 0. The summed E-state index contributed by atoms with van der Waals surface area (Å²) in [6, 6.07) is 6.34. The van der Waals surface area contributed by atoms with Crippen LogP contribution in [0.25, 0.3) is 6.08 Å². The summed E-state index contributed by atoms with van der Waals surface area (Å²) in [5, 5.41) is 14.9. The van der Waals surface area contributed by atoms with Crippen LogP contribution >= 0.6 is 0 Å². The van der Waals surface area contributed by atoms with Crippen molar-refractivity contribution >= 4 is 35.8 Å². The molecule has 10 nitrogen and oxygen atoms in total. The van der Waals surface area contributed by atoms with Gasteiger partial charge in [0, 0.05) is 44.5 Å². The number of rotatable bonds is 7. The smallest absolute Gasteiger partial charge is 0.269 e. The molecule has 1 N–H and O–H groups in total. The number of hydrazone groups is 1. The molecule has 0 atom stereocenters. The fraction of sp³-hybridized carbons (Fsp3) is 0.455. The van der Waals surface area contributed by atoms with Gasteiger partial charge in [0.15, 0.2) is 0 Å². The van der Waals surface area contributed by atoms with Crippen molar-refractivity contribution < 1.29 is 4.92 Å². The zero-order chi connectivity index (χ0) is 22.2. The minimum Gasteiger partial charge on any atom is -0.341 e. The Morgan fingerprint density at radius 1 is 0.875 bits per heavy atom. The van der Waals surface area contributed by atoms with E-state index in [1.54, 1.807) is 24.4 Å². The van der Waals surface area contributed by atoms with Gasteiger partial charge in [-0.25, -0.2) is 5.43 Å². The number of nitro groups is 1. The lowest BCUT2D eigenvalue weighted by molar-refractivity contribution is -0.384. The first-order valence-corrected chi connectivity index (χ1v) is 11.2. The molecule has 1 aromatic heterocycles. The summed E-state index contributed by atoms with van der Waals surface area (Å²) in [6.07, 6.45) is 12.3. The van der Waals surface area contributed by atoms with E-state index in [-0.39, 0.29) is 5.69 Å². The molecular formula is C22H28N8O2. The monoisotopic (exact) mass is 436 g/mol. The third-order valence-electron chi connectivity index (χ3n) is 5.61. The Balaban J connectivity index is 1.44. The molecule has 0 spiro atoms. The molecule has 3 heterocycles. The number of hydrogen-bond donors (Lipinski definition) is 1. The zero-order valence-corrected chi connectivity index (χ0v) is 18.1. The van der Waals surface area contributed by atoms with Crippen molar-refractivity contribution in [3.63, 3.8) is 0 Å². The molecule has 0 aliphatic carbocycles. The van der Waals surface area contributed by atoms with Crippen LogP contribution in [0, 0.1) is 10.1 Å². The summed E-state index contributed by atoms with van der Waals surface area (Å²) in [5.74, 6) is 1.85. The molecule has 0 radical (unpaired) electrons. The summed E-state index contributed by atoms with van der Waals surface area (Å²) in [5.41, 5.74) is 3.85. The van der Waals surface area contributed by atoms with Gasteiger partial charge in [0.1, 0.15) is 0 Å². The number of nitrogens with one attached hydrogen (secondary N) is 1. The molecule has 2 aliphatic rings. The molecule has 0 bridgehead atoms. The van der Waals surface area contributed by atoms with Gasteiger partial charge in [-0.05, 0) is 62.3 Å². The number of allylic oxidation sites excluding steroid dienone is 1. The molecule has 168 valence electrons. The van der Waals surface area contributed by atoms with Crippen LogP contribution in [0.4, 0.5) is 23.5 Å². The largest absolute Gasteiger partial charge is 0.341 e. The summed E-state index contributed by atoms with van der Waals surface area (Å²) < 4.78 is 0. The molecule has 1 aromatic carbocycles. The Labute approximate surface area is 187 Å². The average molecular weight is 437 g/mol. The highest BCUT2D eigenvalue weighted by Gasteiger charge is 2.20. The first-order valence-electron chi connectivity index (χ1n) is 11.2. The molecule has 32 heavy (non-hydrogen) atoms. The van der Waals surface area contributed by atoms with Crippen LogP contribution < -0.4 is 15.2 Å². The number of hydrogen-bond acceptors (Lipinski definition) is 9. The summed E-state index contributed by atoms with van der Waals surface area (Å²) in [4.78, 5) is 28.7. The maximum absolute atomic E-state index is 10.7. The van der Waals surface area contributed by atoms with E-state index in [1.807, 2.05) is 6.08 Å². The highest BCUT2D eigenvalue weighted by atomic mass is 16.6. The van der Waals surface area contributed by atoms with Crippen molar-refractivity contribution in [3.8, 4) is 0 Å². The normalized spacial score (nSPS) is 17.2. The van der Waals surface area contributed by atoms with Gasteiger partial charge in [-0.15, -0.1) is 0 Å². The van der Waals surface area contributed by atoms with E-state index in [0.717, 1.165) is 57.4 Å². The van der Waals surface area contributed by atoms with Crippen molar-refractivity contribution in [2.75, 3.05) is 41.4 Å². The minimum atomic E-state index is -0.413. The highest BCUT2D eigenvalue weighted by molar-refractivity contribution is 5.78. The predicted molar refractivity (Wildman–Crippen MR) is 126 cm³/mol. The molecule has 0 amide bonds. The second-order valence-electron chi connectivity index (χ2n) is 7.95. The van der Waals surface area contributed by atoms with Gasteiger partial charge in [-0.1, -0.05) is 6.08 Å². The SMILES string of the molecule is O=[N+]([O-])c1ccc(/C=C/C=N/Nc2nc(N3CCCCC3)nc(N3CCCCC3)n2)cc1. The standard InChI is InChI=1S/C22H28N8O2/c31-30(32)19-11-9-18(10-12-19)8-7-13-23-27-20-24-21(28-14-3-1-4-15-28)26-22(25-20)29-16-5-2-6-17-29/h7-13H,1-6,14-17H2,(H,24,25,26,27)/b8-7+,23-13+. The van der Waals surface area contributed by atoms with E-state index in [0.29, 0.717) is 17.8 Å². The van der Waals surface area contributed by atoms with Gasteiger partial charge >= 0.3 is 0 Å². The number of aromatic nitrogens is 3. The maximum atomic E-state index is 10.7. The van der Waals surface area contributed by atoms with Gasteiger partial charge in [-0.2, -0.15) is 20.1 Å². The molecule has 2 aliphatic heterocycles. The van der Waals surface area contributed by atoms with Crippen molar-refractivity contribution in [3.05, 3.63) is 46.0 Å². The Morgan fingerprint density at radius 3 is 1.97 bits per heavy atom. The zero-order valence-electron chi connectivity index (χ0n) is 18.1. The predicted octanol–water partition coefficient (Wildman–Crippen LogP) is 3.87.